The normalized spacial score (nSPS) is 10.9. The van der Waals surface area contributed by atoms with Crippen LogP contribution in [0, 0.1) is 0 Å². The Morgan fingerprint density at radius 2 is 2.07 bits per heavy atom. The molecule has 0 aliphatic carbocycles. The number of halogens is 1. The number of nitrogens with zero attached hydrogens (tertiary/aromatic N) is 5. The summed E-state index contributed by atoms with van der Waals surface area (Å²) in [5.41, 5.74) is 2.87. The summed E-state index contributed by atoms with van der Waals surface area (Å²) in [5, 5.41) is 13.2. The van der Waals surface area contributed by atoms with Crippen molar-refractivity contribution in [2.24, 2.45) is 0 Å². The summed E-state index contributed by atoms with van der Waals surface area (Å²) in [4.78, 5) is 8.89. The second-order valence-corrected chi connectivity index (χ2v) is 8.07. The molecule has 4 aromatic rings. The van der Waals surface area contributed by atoms with Crippen LogP contribution in [-0.2, 0) is 12.3 Å². The number of aromatic nitrogens is 5. The van der Waals surface area contributed by atoms with Crippen LogP contribution in [0.2, 0.25) is 5.02 Å². The van der Waals surface area contributed by atoms with Gasteiger partial charge in [-0.25, -0.2) is 4.98 Å². The summed E-state index contributed by atoms with van der Waals surface area (Å²) in [7, 11) is 0. The zero-order chi connectivity index (χ0) is 19.3. The van der Waals surface area contributed by atoms with Gasteiger partial charge < -0.3 is 0 Å². The van der Waals surface area contributed by atoms with Crippen LogP contribution >= 0.6 is 34.7 Å². The summed E-state index contributed by atoms with van der Waals surface area (Å²) in [6, 6.07) is 11.6. The number of hydrogen-bond donors (Lipinski definition) is 0. The highest BCUT2D eigenvalue weighted by molar-refractivity contribution is 7.98. The topological polar surface area (TPSA) is 56.5 Å². The quantitative estimate of drug-likeness (QED) is 0.285. The van der Waals surface area contributed by atoms with E-state index >= 15 is 0 Å². The van der Waals surface area contributed by atoms with Crippen LogP contribution in [0.4, 0.5) is 0 Å². The van der Waals surface area contributed by atoms with Gasteiger partial charge in [0.1, 0.15) is 5.01 Å². The molecule has 0 aliphatic rings. The fourth-order valence-electron chi connectivity index (χ4n) is 2.67. The van der Waals surface area contributed by atoms with Crippen molar-refractivity contribution in [2.75, 3.05) is 0 Å². The lowest BCUT2D eigenvalue weighted by Crippen LogP contribution is -2.01. The van der Waals surface area contributed by atoms with E-state index in [4.69, 9.17) is 16.6 Å². The van der Waals surface area contributed by atoms with Gasteiger partial charge in [0.2, 0.25) is 0 Å². The van der Waals surface area contributed by atoms with E-state index < -0.39 is 0 Å². The molecule has 0 aliphatic heterocycles. The standard InChI is InChI=1S/C20H16ClN5S2/c1-2-10-26-18(14-6-5-9-22-11-14)24-25-20(26)28-13-15-12-27-19(23-15)16-7-3-4-8-17(16)21/h2-9,11-12H,1,10,13H2. The molecule has 0 saturated carbocycles. The Bertz CT molecular complexity index is 1090. The predicted octanol–water partition coefficient (Wildman–Crippen LogP) is 5.60. The molecule has 3 heterocycles. The molecule has 0 amide bonds. The van der Waals surface area contributed by atoms with Gasteiger partial charge in [-0.1, -0.05) is 47.6 Å². The smallest absolute Gasteiger partial charge is 0.192 e. The number of allylic oxidation sites excluding steroid dienone is 1. The van der Waals surface area contributed by atoms with Crippen molar-refractivity contribution in [3.05, 3.63) is 77.5 Å². The van der Waals surface area contributed by atoms with Gasteiger partial charge in [-0.05, 0) is 18.2 Å². The molecule has 0 atom stereocenters. The molecule has 8 heteroatoms. The summed E-state index contributed by atoms with van der Waals surface area (Å²) in [6.45, 7) is 4.48. The second kappa shape index (κ2) is 8.68. The fraction of sp³-hybridized carbons (Fsp3) is 0.100. The van der Waals surface area contributed by atoms with Crippen LogP contribution in [0.25, 0.3) is 22.0 Å². The van der Waals surface area contributed by atoms with Crippen molar-refractivity contribution in [2.45, 2.75) is 17.5 Å². The first kappa shape index (κ1) is 18.9. The van der Waals surface area contributed by atoms with Crippen molar-refractivity contribution in [3.63, 3.8) is 0 Å². The monoisotopic (exact) mass is 425 g/mol. The number of pyridine rings is 1. The molecule has 0 fully saturated rings. The average molecular weight is 426 g/mol. The minimum absolute atomic E-state index is 0.626. The third-order valence-electron chi connectivity index (χ3n) is 3.95. The van der Waals surface area contributed by atoms with E-state index in [1.165, 1.54) is 0 Å². The molecule has 0 spiro atoms. The highest BCUT2D eigenvalue weighted by Gasteiger charge is 2.15. The lowest BCUT2D eigenvalue weighted by Gasteiger charge is -2.06. The largest absolute Gasteiger partial charge is 0.298 e. The third-order valence-corrected chi connectivity index (χ3v) is 6.21. The molecule has 4 rings (SSSR count). The maximum Gasteiger partial charge on any atom is 0.192 e. The lowest BCUT2D eigenvalue weighted by molar-refractivity contribution is 0.730. The van der Waals surface area contributed by atoms with Crippen LogP contribution in [0.1, 0.15) is 5.69 Å². The summed E-state index contributed by atoms with van der Waals surface area (Å²) >= 11 is 9.48. The Kier molecular flexibility index (Phi) is 5.85. The molecule has 0 radical (unpaired) electrons. The maximum atomic E-state index is 6.28. The van der Waals surface area contributed by atoms with E-state index in [0.717, 1.165) is 32.8 Å². The predicted molar refractivity (Wildman–Crippen MR) is 116 cm³/mol. The molecule has 3 aromatic heterocycles. The van der Waals surface area contributed by atoms with Crippen LogP contribution in [0.5, 0.6) is 0 Å². The SMILES string of the molecule is C=CCn1c(SCc2csc(-c3ccccc3Cl)n2)nnc1-c1cccnc1. The first-order chi connectivity index (χ1) is 13.8. The first-order valence-corrected chi connectivity index (χ1v) is 10.8. The minimum Gasteiger partial charge on any atom is -0.298 e. The van der Waals surface area contributed by atoms with Crippen LogP contribution in [0.15, 0.2) is 72.0 Å². The van der Waals surface area contributed by atoms with E-state index in [-0.39, 0.29) is 0 Å². The number of rotatable bonds is 7. The van der Waals surface area contributed by atoms with Gasteiger partial charge in [0.25, 0.3) is 0 Å². The fourth-order valence-corrected chi connectivity index (χ4v) is 4.75. The van der Waals surface area contributed by atoms with Crippen LogP contribution in [0.3, 0.4) is 0 Å². The average Bonchev–Trinajstić information content (AvgIpc) is 3.35. The molecule has 28 heavy (non-hydrogen) atoms. The highest BCUT2D eigenvalue weighted by atomic mass is 35.5. The Morgan fingerprint density at radius 1 is 1.18 bits per heavy atom. The van der Waals surface area contributed by atoms with Crippen molar-refractivity contribution < 1.29 is 0 Å². The van der Waals surface area contributed by atoms with Crippen molar-refractivity contribution in [3.8, 4) is 22.0 Å². The Balaban J connectivity index is 1.54. The molecule has 0 unspecified atom stereocenters. The number of thiazole rings is 1. The molecule has 0 bridgehead atoms. The number of hydrogen-bond acceptors (Lipinski definition) is 6. The Labute approximate surface area is 176 Å². The van der Waals surface area contributed by atoms with E-state index in [9.17, 15) is 0 Å². The second-order valence-electron chi connectivity index (χ2n) is 5.86. The van der Waals surface area contributed by atoms with Gasteiger partial charge in [-0.2, -0.15) is 0 Å². The summed E-state index contributed by atoms with van der Waals surface area (Å²) in [6.07, 6.45) is 5.37. The number of benzene rings is 1. The summed E-state index contributed by atoms with van der Waals surface area (Å²) in [5.74, 6) is 1.48. The molecule has 0 saturated heterocycles. The molecule has 140 valence electrons. The lowest BCUT2D eigenvalue weighted by atomic mass is 10.2. The molecule has 0 N–H and O–H groups in total. The van der Waals surface area contributed by atoms with Gasteiger partial charge in [-0.3, -0.25) is 9.55 Å². The van der Waals surface area contributed by atoms with E-state index in [2.05, 4.69) is 27.1 Å². The van der Waals surface area contributed by atoms with Gasteiger partial charge >= 0.3 is 0 Å². The molecule has 5 nitrogen and oxygen atoms in total. The van der Waals surface area contributed by atoms with Crippen LogP contribution in [-0.4, -0.2) is 24.7 Å². The Hall–Kier alpha value is -2.48. The van der Waals surface area contributed by atoms with E-state index in [1.54, 1.807) is 35.5 Å². The van der Waals surface area contributed by atoms with Gasteiger partial charge in [0, 0.05) is 41.2 Å². The van der Waals surface area contributed by atoms with Crippen molar-refractivity contribution in [1.29, 1.82) is 0 Å². The zero-order valence-corrected chi connectivity index (χ0v) is 17.2. The molecular weight excluding hydrogens is 410 g/mol. The minimum atomic E-state index is 0.626. The Morgan fingerprint density at radius 3 is 2.86 bits per heavy atom. The van der Waals surface area contributed by atoms with E-state index in [1.807, 2.05) is 47.0 Å². The van der Waals surface area contributed by atoms with Crippen LogP contribution < -0.4 is 0 Å². The number of thioether (sulfide) groups is 1. The zero-order valence-electron chi connectivity index (χ0n) is 14.8. The highest BCUT2D eigenvalue weighted by Crippen LogP contribution is 2.32. The first-order valence-electron chi connectivity index (χ1n) is 8.53. The van der Waals surface area contributed by atoms with Crippen molar-refractivity contribution >= 4 is 34.7 Å². The molecular formula is C20H16ClN5S2. The van der Waals surface area contributed by atoms with E-state index in [0.29, 0.717) is 17.3 Å². The van der Waals surface area contributed by atoms with Gasteiger partial charge in [-0.15, -0.1) is 28.1 Å². The maximum absolute atomic E-state index is 6.28. The van der Waals surface area contributed by atoms with Gasteiger partial charge in [0.15, 0.2) is 11.0 Å². The van der Waals surface area contributed by atoms with Crippen molar-refractivity contribution in [1.82, 2.24) is 24.7 Å². The third kappa shape index (κ3) is 4.01. The molecule has 1 aromatic carbocycles. The summed E-state index contributed by atoms with van der Waals surface area (Å²) < 4.78 is 2.04. The van der Waals surface area contributed by atoms with Gasteiger partial charge in [0.05, 0.1) is 10.7 Å².